The summed E-state index contributed by atoms with van der Waals surface area (Å²) in [6.07, 6.45) is 0.347. The van der Waals surface area contributed by atoms with Gasteiger partial charge in [0.25, 0.3) is 0 Å². The van der Waals surface area contributed by atoms with Crippen LogP contribution in [0.25, 0.3) is 0 Å². The molecule has 0 fully saturated rings. The van der Waals surface area contributed by atoms with Crippen LogP contribution in [0.5, 0.6) is 0 Å². The number of aliphatic hydroxyl groups is 2. The number of hydrogen-bond donors (Lipinski definition) is 2. The first kappa shape index (κ1) is 18.5. The minimum Gasteiger partial charge on any atom is -0.391 e. The second-order valence-electron chi connectivity index (χ2n) is 3.83. The lowest BCUT2D eigenvalue weighted by molar-refractivity contribution is -0.0644. The first-order chi connectivity index (χ1) is 8.60. The van der Waals surface area contributed by atoms with Crippen LogP contribution < -0.4 is 0 Å². The summed E-state index contributed by atoms with van der Waals surface area (Å²) in [7, 11) is 0. The van der Waals surface area contributed by atoms with E-state index in [0.717, 1.165) is 5.56 Å². The Morgan fingerprint density at radius 1 is 1.00 bits per heavy atom. The van der Waals surface area contributed by atoms with Gasteiger partial charge >= 0.3 is 0 Å². The lowest BCUT2D eigenvalue weighted by Crippen LogP contribution is -2.48. The van der Waals surface area contributed by atoms with Crippen molar-refractivity contribution >= 4 is 79.6 Å². The Bertz CT molecular complexity index is 407. The molecule has 0 radical (unpaired) electrons. The molecule has 8 heteroatoms. The number of hydrogen-bond acceptors (Lipinski definition) is 3. The molecular formula is C11H11Br5O3. The maximum Gasteiger partial charge on any atom is 0.215 e. The Morgan fingerprint density at radius 2 is 1.53 bits per heavy atom. The number of alkyl halides is 5. The van der Waals surface area contributed by atoms with Gasteiger partial charge in [0.1, 0.15) is 0 Å². The standard InChI is InChI=1S/C11H11Br5O3/c12-9(11(15,16)18,19-10(13,14)7-17)6-8-4-2-1-3-5-8/h1-5,17-18H,6-7H2. The van der Waals surface area contributed by atoms with Crippen LogP contribution in [0.2, 0.25) is 0 Å². The van der Waals surface area contributed by atoms with Gasteiger partial charge < -0.3 is 14.9 Å². The topological polar surface area (TPSA) is 49.7 Å². The molecule has 0 aliphatic carbocycles. The van der Waals surface area contributed by atoms with E-state index >= 15 is 0 Å². The van der Waals surface area contributed by atoms with E-state index in [1.54, 1.807) is 0 Å². The summed E-state index contributed by atoms with van der Waals surface area (Å²) in [6.45, 7) is -0.328. The second-order valence-corrected chi connectivity index (χ2v) is 12.1. The third-order valence-electron chi connectivity index (χ3n) is 2.22. The van der Waals surface area contributed by atoms with E-state index in [0.29, 0.717) is 6.42 Å². The summed E-state index contributed by atoms with van der Waals surface area (Å²) in [4.78, 5) is 0. The summed E-state index contributed by atoms with van der Waals surface area (Å²) >= 11 is 16.0. The van der Waals surface area contributed by atoms with Gasteiger partial charge in [0.2, 0.25) is 6.84 Å². The number of benzene rings is 1. The largest absolute Gasteiger partial charge is 0.391 e. The lowest BCUT2D eigenvalue weighted by Gasteiger charge is -2.39. The van der Waals surface area contributed by atoms with Crippen molar-refractivity contribution < 1.29 is 14.9 Å². The molecule has 0 saturated carbocycles. The summed E-state index contributed by atoms with van der Waals surface area (Å²) in [5, 5.41) is 19.4. The fourth-order valence-electron chi connectivity index (χ4n) is 1.33. The highest BCUT2D eigenvalue weighted by Gasteiger charge is 2.50. The molecule has 108 valence electrons. The number of halogens is 5. The van der Waals surface area contributed by atoms with Crippen molar-refractivity contribution in [1.29, 1.82) is 0 Å². The van der Waals surface area contributed by atoms with Crippen LogP contribution in [-0.2, 0) is 11.2 Å². The van der Waals surface area contributed by atoms with Crippen LogP contribution in [0.1, 0.15) is 5.56 Å². The van der Waals surface area contributed by atoms with Gasteiger partial charge in [-0.05, 0) is 85.2 Å². The van der Waals surface area contributed by atoms with Crippen molar-refractivity contribution in [1.82, 2.24) is 0 Å². The molecule has 19 heavy (non-hydrogen) atoms. The summed E-state index contributed by atoms with van der Waals surface area (Å²) in [5.41, 5.74) is 0.949. The molecule has 0 heterocycles. The normalized spacial score (nSPS) is 16.2. The molecular weight excluding hydrogens is 580 g/mol. The summed E-state index contributed by atoms with van der Waals surface area (Å²) < 4.78 is 1.76. The fourth-order valence-corrected chi connectivity index (χ4v) is 3.36. The Kier molecular flexibility index (Phi) is 7.00. The van der Waals surface area contributed by atoms with Crippen LogP contribution in [0.3, 0.4) is 0 Å². The van der Waals surface area contributed by atoms with Gasteiger partial charge in [0.05, 0.1) is 6.61 Å². The third kappa shape index (κ3) is 5.65. The molecule has 0 saturated heterocycles. The molecule has 3 nitrogen and oxygen atoms in total. The molecule has 1 rings (SSSR count). The highest BCUT2D eigenvalue weighted by molar-refractivity contribution is 9.26. The maximum absolute atomic E-state index is 10.2. The van der Waals surface area contributed by atoms with Gasteiger partial charge in [0, 0.05) is 6.42 Å². The zero-order chi connectivity index (χ0) is 14.7. The van der Waals surface area contributed by atoms with Gasteiger partial charge in [-0.15, -0.1) is 0 Å². The fraction of sp³-hybridized carbons (Fsp3) is 0.455. The number of aliphatic hydroxyl groups excluding tert-OH is 1. The molecule has 2 N–H and O–H groups in total. The van der Waals surface area contributed by atoms with Crippen LogP contribution in [0, 0.1) is 0 Å². The average molecular weight is 591 g/mol. The average Bonchev–Trinajstić information content (AvgIpc) is 2.28. The predicted octanol–water partition coefficient (Wildman–Crippen LogP) is 4.21. The van der Waals surface area contributed by atoms with E-state index in [-0.39, 0.29) is 6.61 Å². The van der Waals surface area contributed by atoms with Crippen LogP contribution >= 0.6 is 79.6 Å². The van der Waals surface area contributed by atoms with E-state index < -0.39 is 11.3 Å². The smallest absolute Gasteiger partial charge is 0.215 e. The summed E-state index contributed by atoms with van der Waals surface area (Å²) in [5.74, 6) is 0. The van der Waals surface area contributed by atoms with Gasteiger partial charge in [0.15, 0.2) is 4.51 Å². The zero-order valence-corrected chi connectivity index (χ0v) is 17.4. The van der Waals surface area contributed by atoms with Gasteiger partial charge in [-0.25, -0.2) is 0 Å². The number of rotatable bonds is 6. The Morgan fingerprint density at radius 3 is 1.95 bits per heavy atom. The van der Waals surface area contributed by atoms with Gasteiger partial charge in [-0.3, -0.25) is 0 Å². The Balaban J connectivity index is 3.01. The van der Waals surface area contributed by atoms with E-state index in [4.69, 9.17) is 4.74 Å². The molecule has 1 atom stereocenters. The van der Waals surface area contributed by atoms with Crippen LogP contribution in [0.4, 0.5) is 0 Å². The molecule has 0 aromatic heterocycles. The molecule has 1 unspecified atom stereocenters. The monoisotopic (exact) mass is 586 g/mol. The highest BCUT2D eigenvalue weighted by Crippen LogP contribution is 2.49. The first-order valence-corrected chi connectivity index (χ1v) is 9.08. The second kappa shape index (κ2) is 7.17. The van der Waals surface area contributed by atoms with Crippen molar-refractivity contribution in [3.05, 3.63) is 35.9 Å². The van der Waals surface area contributed by atoms with E-state index in [1.807, 2.05) is 30.3 Å². The van der Waals surface area contributed by atoms with Crippen molar-refractivity contribution in [3.63, 3.8) is 0 Å². The Labute approximate surface area is 153 Å². The minimum absolute atomic E-state index is 0.328. The van der Waals surface area contributed by atoms with Crippen molar-refractivity contribution in [2.75, 3.05) is 6.61 Å². The molecule has 0 spiro atoms. The molecule has 0 aliphatic rings. The lowest BCUT2D eigenvalue weighted by atomic mass is 10.1. The molecule has 0 aliphatic heterocycles. The summed E-state index contributed by atoms with van der Waals surface area (Å²) in [6, 6.07) is 9.52. The van der Waals surface area contributed by atoms with E-state index in [2.05, 4.69) is 79.6 Å². The van der Waals surface area contributed by atoms with Gasteiger partial charge in [-0.1, -0.05) is 30.3 Å². The SMILES string of the molecule is OCC(Br)(Br)OC(Br)(Cc1ccccc1)C(O)(Br)Br. The number of ether oxygens (including phenoxy) is 1. The van der Waals surface area contributed by atoms with Crippen LogP contribution in [0.15, 0.2) is 30.3 Å². The van der Waals surface area contributed by atoms with Crippen molar-refractivity contribution in [2.45, 2.75) is 17.8 Å². The van der Waals surface area contributed by atoms with Gasteiger partial charge in [-0.2, -0.15) is 0 Å². The molecule has 0 bridgehead atoms. The van der Waals surface area contributed by atoms with E-state index in [9.17, 15) is 10.2 Å². The molecule has 1 aromatic rings. The van der Waals surface area contributed by atoms with Crippen LogP contribution in [-0.4, -0.2) is 28.2 Å². The highest BCUT2D eigenvalue weighted by atomic mass is 79.9. The quantitative estimate of drug-likeness (QED) is 0.489. The molecule has 1 aromatic carbocycles. The van der Waals surface area contributed by atoms with Crippen molar-refractivity contribution in [3.8, 4) is 0 Å². The first-order valence-electron chi connectivity index (χ1n) is 5.11. The third-order valence-corrected chi connectivity index (χ3v) is 6.41. The zero-order valence-electron chi connectivity index (χ0n) is 9.49. The van der Waals surface area contributed by atoms with Crippen molar-refractivity contribution in [2.24, 2.45) is 0 Å². The maximum atomic E-state index is 10.2. The molecule has 0 amide bonds. The Hall–Kier alpha value is 1.50. The minimum atomic E-state index is -1.54. The predicted molar refractivity (Wildman–Crippen MR) is 93.4 cm³/mol. The van der Waals surface area contributed by atoms with E-state index in [1.165, 1.54) is 0 Å².